The lowest BCUT2D eigenvalue weighted by molar-refractivity contribution is -0.226. The van der Waals surface area contributed by atoms with E-state index in [4.69, 9.17) is 18.9 Å². The van der Waals surface area contributed by atoms with Gasteiger partial charge in [0.15, 0.2) is 5.79 Å². The van der Waals surface area contributed by atoms with Crippen LogP contribution in [0, 0.1) is 5.92 Å². The van der Waals surface area contributed by atoms with Gasteiger partial charge in [0.1, 0.15) is 16.0 Å². The predicted octanol–water partition coefficient (Wildman–Crippen LogP) is 2.32. The predicted molar refractivity (Wildman–Crippen MR) is 65.4 cm³/mol. The standard InChI is InChI=1S/C12H15BrO4/c1-14-9-5-8(13)11(15-2)10-7(9)6-12(10,16-3)17-4/h7H,6H2,1-4H3/t7-/m1/s1. The molecule has 94 valence electrons. The van der Waals surface area contributed by atoms with E-state index in [-0.39, 0.29) is 5.92 Å². The highest BCUT2D eigenvalue weighted by molar-refractivity contribution is 9.11. The molecular formula is C12H15BrO4. The molecule has 2 rings (SSSR count). The largest absolute Gasteiger partial charge is 0.495 e. The Hall–Kier alpha value is -0.740. The summed E-state index contributed by atoms with van der Waals surface area (Å²) in [7, 11) is 6.51. The lowest BCUT2D eigenvalue weighted by atomic mass is 9.70. The van der Waals surface area contributed by atoms with Crippen molar-refractivity contribution in [2.75, 3.05) is 28.4 Å². The van der Waals surface area contributed by atoms with Crippen molar-refractivity contribution < 1.29 is 18.9 Å². The van der Waals surface area contributed by atoms with E-state index in [1.165, 1.54) is 0 Å². The van der Waals surface area contributed by atoms with E-state index in [1.54, 1.807) is 28.4 Å². The fourth-order valence-corrected chi connectivity index (χ4v) is 2.97. The van der Waals surface area contributed by atoms with Gasteiger partial charge >= 0.3 is 0 Å². The number of hydrogen-bond donors (Lipinski definition) is 0. The van der Waals surface area contributed by atoms with Crippen molar-refractivity contribution in [1.29, 1.82) is 0 Å². The molecule has 0 heterocycles. The van der Waals surface area contributed by atoms with Gasteiger partial charge in [-0.15, -0.1) is 0 Å². The first-order chi connectivity index (χ1) is 8.13. The summed E-state index contributed by atoms with van der Waals surface area (Å²) in [5.74, 6) is 0.903. The van der Waals surface area contributed by atoms with Crippen molar-refractivity contribution >= 4 is 15.9 Å². The van der Waals surface area contributed by atoms with Crippen molar-refractivity contribution in [3.63, 3.8) is 0 Å². The second-order valence-corrected chi connectivity index (χ2v) is 4.67. The third kappa shape index (κ3) is 1.66. The van der Waals surface area contributed by atoms with Gasteiger partial charge in [0, 0.05) is 26.2 Å². The lowest BCUT2D eigenvalue weighted by Gasteiger charge is -2.49. The Balaban J connectivity index is 2.51. The summed E-state index contributed by atoms with van der Waals surface area (Å²) in [4.78, 5) is 0. The molecule has 0 unspecified atom stereocenters. The number of methoxy groups -OCH3 is 4. The van der Waals surface area contributed by atoms with Gasteiger partial charge in [0.25, 0.3) is 0 Å². The second kappa shape index (κ2) is 4.50. The normalized spacial score (nSPS) is 25.6. The molecule has 0 aromatic heterocycles. The van der Waals surface area contributed by atoms with Gasteiger partial charge in [-0.1, -0.05) is 5.73 Å². The summed E-state index contributed by atoms with van der Waals surface area (Å²) in [5.41, 5.74) is 4.07. The van der Waals surface area contributed by atoms with Crippen LogP contribution in [-0.4, -0.2) is 34.2 Å². The van der Waals surface area contributed by atoms with Crippen molar-refractivity contribution in [3.05, 3.63) is 27.3 Å². The Morgan fingerprint density at radius 2 is 1.82 bits per heavy atom. The highest BCUT2D eigenvalue weighted by Gasteiger charge is 2.56. The molecule has 1 atom stereocenters. The molecule has 0 N–H and O–H groups in total. The van der Waals surface area contributed by atoms with Gasteiger partial charge < -0.3 is 18.9 Å². The molecule has 0 aromatic carbocycles. The summed E-state index contributed by atoms with van der Waals surface area (Å²) < 4.78 is 22.4. The molecule has 2 aliphatic carbocycles. The van der Waals surface area contributed by atoms with Crippen molar-refractivity contribution in [2.45, 2.75) is 12.2 Å². The molecule has 0 saturated heterocycles. The Kier molecular flexibility index (Phi) is 3.36. The quantitative estimate of drug-likeness (QED) is 0.590. The zero-order chi connectivity index (χ0) is 12.6. The zero-order valence-corrected chi connectivity index (χ0v) is 11.9. The first-order valence-corrected chi connectivity index (χ1v) is 6.02. The number of hydrogen-bond acceptors (Lipinski definition) is 4. The monoisotopic (exact) mass is 302 g/mol. The third-order valence-corrected chi connectivity index (χ3v) is 3.87. The van der Waals surface area contributed by atoms with Gasteiger partial charge in [-0.3, -0.25) is 0 Å². The Morgan fingerprint density at radius 3 is 2.29 bits per heavy atom. The zero-order valence-electron chi connectivity index (χ0n) is 10.3. The molecule has 1 saturated carbocycles. The summed E-state index contributed by atoms with van der Waals surface area (Å²) >= 11 is 3.42. The molecule has 4 nitrogen and oxygen atoms in total. The summed E-state index contributed by atoms with van der Waals surface area (Å²) in [6, 6.07) is 0. The summed E-state index contributed by atoms with van der Waals surface area (Å²) in [6.07, 6.45) is 0.707. The van der Waals surface area contributed by atoms with E-state index in [2.05, 4.69) is 21.7 Å². The molecule has 0 spiro atoms. The smallest absolute Gasteiger partial charge is 0.195 e. The Bertz CT molecular complexity index is 428. The Labute approximate surface area is 109 Å². The average Bonchev–Trinajstić information content (AvgIpc) is 2.33. The molecule has 0 bridgehead atoms. The van der Waals surface area contributed by atoms with Crippen LogP contribution in [0.15, 0.2) is 27.3 Å². The molecule has 0 aliphatic heterocycles. The third-order valence-electron chi connectivity index (χ3n) is 3.31. The van der Waals surface area contributed by atoms with E-state index >= 15 is 0 Å². The second-order valence-electron chi connectivity index (χ2n) is 3.87. The fraction of sp³-hybridized carbons (Fsp3) is 0.583. The van der Waals surface area contributed by atoms with E-state index in [0.29, 0.717) is 12.2 Å². The van der Waals surface area contributed by atoms with Crippen LogP contribution in [-0.2, 0) is 18.9 Å². The van der Waals surface area contributed by atoms with E-state index < -0.39 is 5.79 Å². The highest BCUT2D eigenvalue weighted by Crippen LogP contribution is 2.54. The van der Waals surface area contributed by atoms with Crippen LogP contribution in [0.1, 0.15) is 6.42 Å². The topological polar surface area (TPSA) is 36.9 Å². The van der Waals surface area contributed by atoms with Gasteiger partial charge in [-0.25, -0.2) is 0 Å². The number of rotatable bonds is 4. The van der Waals surface area contributed by atoms with Crippen LogP contribution in [0.3, 0.4) is 0 Å². The van der Waals surface area contributed by atoms with Crippen molar-refractivity contribution in [3.8, 4) is 0 Å². The minimum absolute atomic E-state index is 0.121. The first kappa shape index (κ1) is 12.7. The van der Waals surface area contributed by atoms with Gasteiger partial charge in [0.05, 0.1) is 20.1 Å². The molecule has 5 heteroatoms. The van der Waals surface area contributed by atoms with E-state index in [1.807, 2.05) is 0 Å². The summed E-state index contributed by atoms with van der Waals surface area (Å²) in [5, 5.41) is 0. The minimum Gasteiger partial charge on any atom is -0.495 e. The van der Waals surface area contributed by atoms with Crippen molar-refractivity contribution in [1.82, 2.24) is 0 Å². The maximum absolute atomic E-state index is 5.47. The fourth-order valence-electron chi connectivity index (χ4n) is 2.40. The van der Waals surface area contributed by atoms with Crippen LogP contribution in [0.4, 0.5) is 0 Å². The van der Waals surface area contributed by atoms with Crippen LogP contribution in [0.5, 0.6) is 0 Å². The van der Waals surface area contributed by atoms with Gasteiger partial charge in [-0.05, 0) is 15.9 Å². The van der Waals surface area contributed by atoms with Crippen LogP contribution >= 0.6 is 15.9 Å². The number of fused-ring (bicyclic) bond motifs is 1. The van der Waals surface area contributed by atoms with E-state index in [0.717, 1.165) is 15.8 Å². The Morgan fingerprint density at radius 1 is 1.18 bits per heavy atom. The van der Waals surface area contributed by atoms with E-state index in [9.17, 15) is 0 Å². The molecular weight excluding hydrogens is 288 g/mol. The van der Waals surface area contributed by atoms with Crippen LogP contribution in [0.25, 0.3) is 0 Å². The van der Waals surface area contributed by atoms with Crippen molar-refractivity contribution in [2.24, 2.45) is 5.92 Å². The summed E-state index contributed by atoms with van der Waals surface area (Å²) in [6.45, 7) is 0. The number of halogens is 1. The molecule has 1 fully saturated rings. The maximum Gasteiger partial charge on any atom is 0.195 e. The number of allylic oxidation sites excluding steroid dienone is 1. The minimum atomic E-state index is -0.707. The number of ether oxygens (including phenoxy) is 4. The SMILES string of the molecule is COC1=C=C(Br)C(OC)=C2[C@@H]1CC2(OC)OC. The molecule has 0 radical (unpaired) electrons. The van der Waals surface area contributed by atoms with Crippen LogP contribution in [0.2, 0.25) is 0 Å². The molecule has 2 aliphatic rings. The first-order valence-electron chi connectivity index (χ1n) is 5.23. The molecule has 17 heavy (non-hydrogen) atoms. The highest BCUT2D eigenvalue weighted by atomic mass is 79.9. The average molecular weight is 303 g/mol. The lowest BCUT2D eigenvalue weighted by Crippen LogP contribution is -2.52. The molecule has 0 amide bonds. The van der Waals surface area contributed by atoms with Gasteiger partial charge in [0.2, 0.25) is 0 Å². The van der Waals surface area contributed by atoms with Crippen LogP contribution < -0.4 is 0 Å². The van der Waals surface area contributed by atoms with Gasteiger partial charge in [-0.2, -0.15) is 0 Å². The maximum atomic E-state index is 5.47. The molecule has 0 aromatic rings.